The van der Waals surface area contributed by atoms with Gasteiger partial charge >= 0.3 is 11.9 Å². The molecule has 0 saturated carbocycles. The van der Waals surface area contributed by atoms with Crippen LogP contribution >= 0.6 is 0 Å². The molecule has 1 aromatic rings. The van der Waals surface area contributed by atoms with Crippen LogP contribution in [0.15, 0.2) is 35.9 Å². The van der Waals surface area contributed by atoms with Gasteiger partial charge < -0.3 is 9.84 Å². The lowest BCUT2D eigenvalue weighted by Crippen LogP contribution is -2.15. The van der Waals surface area contributed by atoms with Crippen LogP contribution in [0, 0.1) is 0 Å². The Hall–Kier alpha value is -2.10. The molecule has 0 aliphatic heterocycles. The monoisotopic (exact) mass is 220 g/mol. The standard InChI is InChI=1S/C12H12O4/c1-8(9-6-4-3-5-7-9)10(11(13)14)12(15)16-2/h3-7H,1-2H3,(H,13,14). The van der Waals surface area contributed by atoms with Crippen molar-refractivity contribution in [3.05, 3.63) is 41.5 Å². The third-order valence-electron chi connectivity index (χ3n) is 2.19. The lowest BCUT2D eigenvalue weighted by molar-refractivity contribution is -0.142. The molecule has 1 N–H and O–H groups in total. The Labute approximate surface area is 93.2 Å². The molecule has 0 aromatic heterocycles. The number of carbonyl (C=O) groups excluding carboxylic acids is 1. The number of rotatable bonds is 3. The molecule has 0 bridgehead atoms. The molecule has 0 saturated heterocycles. The molecule has 0 aliphatic rings. The van der Waals surface area contributed by atoms with Crippen LogP contribution in [0.5, 0.6) is 0 Å². The number of benzene rings is 1. The number of methoxy groups -OCH3 is 1. The van der Waals surface area contributed by atoms with Crippen molar-refractivity contribution >= 4 is 17.5 Å². The fraction of sp³-hybridized carbons (Fsp3) is 0.167. The van der Waals surface area contributed by atoms with Crippen molar-refractivity contribution in [2.75, 3.05) is 7.11 Å². The van der Waals surface area contributed by atoms with Gasteiger partial charge in [0.05, 0.1) is 7.11 Å². The summed E-state index contributed by atoms with van der Waals surface area (Å²) in [5.41, 5.74) is 0.735. The Morgan fingerprint density at radius 2 is 1.75 bits per heavy atom. The largest absolute Gasteiger partial charge is 0.477 e. The molecule has 0 amide bonds. The molecule has 0 spiro atoms. The van der Waals surface area contributed by atoms with Crippen LogP contribution < -0.4 is 0 Å². The predicted molar refractivity (Wildman–Crippen MR) is 58.7 cm³/mol. The second-order valence-electron chi connectivity index (χ2n) is 3.16. The molecule has 0 aliphatic carbocycles. The molecule has 84 valence electrons. The van der Waals surface area contributed by atoms with Gasteiger partial charge in [0.1, 0.15) is 5.57 Å². The number of esters is 1. The van der Waals surface area contributed by atoms with Crippen molar-refractivity contribution in [3.63, 3.8) is 0 Å². The summed E-state index contributed by atoms with van der Waals surface area (Å²) in [5, 5.41) is 8.95. The van der Waals surface area contributed by atoms with Crippen molar-refractivity contribution in [2.24, 2.45) is 0 Å². The second kappa shape index (κ2) is 5.11. The van der Waals surface area contributed by atoms with Crippen LogP contribution in [0.4, 0.5) is 0 Å². The third-order valence-corrected chi connectivity index (χ3v) is 2.19. The fourth-order valence-electron chi connectivity index (χ4n) is 1.34. The van der Waals surface area contributed by atoms with E-state index in [0.717, 1.165) is 7.11 Å². The van der Waals surface area contributed by atoms with Gasteiger partial charge in [-0.1, -0.05) is 30.3 Å². The number of hydrogen-bond donors (Lipinski definition) is 1. The molecule has 0 atom stereocenters. The van der Waals surface area contributed by atoms with Gasteiger partial charge in [-0.2, -0.15) is 0 Å². The van der Waals surface area contributed by atoms with Crippen LogP contribution in [0.2, 0.25) is 0 Å². The molecular formula is C12H12O4. The molecule has 0 fully saturated rings. The van der Waals surface area contributed by atoms with Gasteiger partial charge in [-0.25, -0.2) is 9.59 Å². The van der Waals surface area contributed by atoms with E-state index in [0.29, 0.717) is 11.1 Å². The molecule has 16 heavy (non-hydrogen) atoms. The molecule has 4 nitrogen and oxygen atoms in total. The number of hydrogen-bond acceptors (Lipinski definition) is 3. The number of ether oxygens (including phenoxy) is 1. The minimum Gasteiger partial charge on any atom is -0.477 e. The minimum absolute atomic E-state index is 0.339. The minimum atomic E-state index is -1.28. The number of carboxylic acid groups (broad SMARTS) is 1. The Morgan fingerprint density at radius 3 is 2.19 bits per heavy atom. The first kappa shape index (κ1) is 12.0. The molecule has 0 radical (unpaired) electrons. The maximum Gasteiger partial charge on any atom is 0.345 e. The highest BCUT2D eigenvalue weighted by Crippen LogP contribution is 2.18. The highest BCUT2D eigenvalue weighted by atomic mass is 16.5. The van der Waals surface area contributed by atoms with E-state index in [1.54, 1.807) is 31.2 Å². The average molecular weight is 220 g/mol. The quantitative estimate of drug-likeness (QED) is 0.364. The van der Waals surface area contributed by atoms with Gasteiger partial charge in [-0.15, -0.1) is 0 Å². The number of aliphatic carboxylic acids is 1. The lowest BCUT2D eigenvalue weighted by Gasteiger charge is -2.06. The van der Waals surface area contributed by atoms with Crippen molar-refractivity contribution in [1.82, 2.24) is 0 Å². The summed E-state index contributed by atoms with van der Waals surface area (Å²) in [6, 6.07) is 8.84. The number of allylic oxidation sites excluding steroid dienone is 1. The van der Waals surface area contributed by atoms with Gasteiger partial charge in [0.2, 0.25) is 0 Å². The first-order valence-electron chi connectivity index (χ1n) is 4.65. The van der Waals surface area contributed by atoms with Gasteiger partial charge in [0.15, 0.2) is 0 Å². The first-order chi connectivity index (χ1) is 7.57. The van der Waals surface area contributed by atoms with Crippen LogP contribution in [-0.4, -0.2) is 24.2 Å². The van der Waals surface area contributed by atoms with E-state index in [4.69, 9.17) is 5.11 Å². The molecule has 4 heteroatoms. The van der Waals surface area contributed by atoms with Crippen LogP contribution in [0.3, 0.4) is 0 Å². The molecule has 1 aromatic carbocycles. The smallest absolute Gasteiger partial charge is 0.345 e. The molecular weight excluding hydrogens is 208 g/mol. The Balaban J connectivity index is 3.28. The average Bonchev–Trinajstić information content (AvgIpc) is 2.29. The number of carboxylic acids is 1. The van der Waals surface area contributed by atoms with Gasteiger partial charge in [-0.05, 0) is 18.1 Å². The zero-order valence-corrected chi connectivity index (χ0v) is 9.06. The molecule has 0 heterocycles. The maximum absolute atomic E-state index is 11.3. The summed E-state index contributed by atoms with van der Waals surface area (Å²) in [4.78, 5) is 22.3. The van der Waals surface area contributed by atoms with E-state index >= 15 is 0 Å². The molecule has 1 rings (SSSR count). The van der Waals surface area contributed by atoms with Gasteiger partial charge in [0.25, 0.3) is 0 Å². The van der Waals surface area contributed by atoms with Crippen molar-refractivity contribution < 1.29 is 19.4 Å². The first-order valence-corrected chi connectivity index (χ1v) is 4.65. The fourth-order valence-corrected chi connectivity index (χ4v) is 1.34. The summed E-state index contributed by atoms with van der Waals surface area (Å²) in [7, 11) is 1.16. The highest BCUT2D eigenvalue weighted by Gasteiger charge is 2.21. The van der Waals surface area contributed by atoms with Crippen molar-refractivity contribution in [1.29, 1.82) is 0 Å². The van der Waals surface area contributed by atoms with E-state index < -0.39 is 11.9 Å². The topological polar surface area (TPSA) is 63.6 Å². The van der Waals surface area contributed by atoms with Gasteiger partial charge in [0, 0.05) is 0 Å². The zero-order valence-electron chi connectivity index (χ0n) is 9.06. The summed E-state index contributed by atoms with van der Waals surface area (Å²) in [6.45, 7) is 1.58. The van der Waals surface area contributed by atoms with Crippen LogP contribution in [0.1, 0.15) is 12.5 Å². The highest BCUT2D eigenvalue weighted by molar-refractivity contribution is 6.19. The summed E-state index contributed by atoms with van der Waals surface area (Å²) >= 11 is 0. The normalized spacial score (nSPS) is 11.6. The summed E-state index contributed by atoms with van der Waals surface area (Å²) in [6.07, 6.45) is 0. The van der Waals surface area contributed by atoms with E-state index in [-0.39, 0.29) is 5.57 Å². The van der Waals surface area contributed by atoms with Crippen molar-refractivity contribution in [2.45, 2.75) is 6.92 Å². The van der Waals surface area contributed by atoms with Crippen LogP contribution in [0.25, 0.3) is 5.57 Å². The summed E-state index contributed by atoms with van der Waals surface area (Å²) in [5.74, 6) is -2.12. The number of carbonyl (C=O) groups is 2. The Morgan fingerprint density at radius 1 is 1.19 bits per heavy atom. The third kappa shape index (κ3) is 2.48. The van der Waals surface area contributed by atoms with E-state index in [1.165, 1.54) is 0 Å². The van der Waals surface area contributed by atoms with Crippen molar-refractivity contribution in [3.8, 4) is 0 Å². The zero-order chi connectivity index (χ0) is 12.1. The second-order valence-corrected chi connectivity index (χ2v) is 3.16. The maximum atomic E-state index is 11.3. The van der Waals surface area contributed by atoms with E-state index in [2.05, 4.69) is 4.74 Å². The van der Waals surface area contributed by atoms with E-state index in [1.807, 2.05) is 6.07 Å². The molecule has 0 unspecified atom stereocenters. The predicted octanol–water partition coefficient (Wildman–Crippen LogP) is 1.72. The van der Waals surface area contributed by atoms with Gasteiger partial charge in [-0.3, -0.25) is 0 Å². The van der Waals surface area contributed by atoms with Crippen LogP contribution in [-0.2, 0) is 14.3 Å². The Bertz CT molecular complexity index is 432. The lowest BCUT2D eigenvalue weighted by atomic mass is 10.0. The Kier molecular flexibility index (Phi) is 3.83. The SMILES string of the molecule is COC(=O)C(C(=O)O)=C(C)c1ccccc1. The summed E-state index contributed by atoms with van der Waals surface area (Å²) < 4.78 is 4.44. The van der Waals surface area contributed by atoms with E-state index in [9.17, 15) is 9.59 Å².